The van der Waals surface area contributed by atoms with Gasteiger partial charge in [0.05, 0.1) is 0 Å². The third-order valence-corrected chi connectivity index (χ3v) is 4.66. The molecule has 0 aromatic rings. The highest BCUT2D eigenvalue weighted by atomic mass is 31.2. The summed E-state index contributed by atoms with van der Waals surface area (Å²) in [5.41, 5.74) is 5.17. The van der Waals surface area contributed by atoms with Gasteiger partial charge < -0.3 is 10.6 Å². The smallest absolute Gasteiger partial charge is 0.203 e. The van der Waals surface area contributed by atoms with E-state index in [0.717, 1.165) is 6.42 Å². The molecule has 68 valence electrons. The zero-order valence-electron chi connectivity index (χ0n) is 7.29. The second-order valence-corrected chi connectivity index (χ2v) is 5.72. The van der Waals surface area contributed by atoms with Crippen molar-refractivity contribution in [2.75, 3.05) is 12.7 Å². The fraction of sp³-hybridized carbons (Fsp3) is 1.00. The molecule has 0 rings (SSSR count). The molecule has 0 aliphatic carbocycles. The maximum atomic E-state index is 11.4. The Kier molecular flexibility index (Phi) is 4.98. The lowest BCUT2D eigenvalue weighted by Crippen LogP contribution is -2.08. The fourth-order valence-corrected chi connectivity index (χ4v) is 2.47. The zero-order chi connectivity index (χ0) is 8.91. The summed E-state index contributed by atoms with van der Waals surface area (Å²) < 4.78 is 11.4. The second kappa shape index (κ2) is 4.91. The van der Waals surface area contributed by atoms with Crippen molar-refractivity contribution in [3.05, 3.63) is 0 Å². The number of rotatable bonds is 5. The van der Waals surface area contributed by atoms with E-state index in [9.17, 15) is 9.46 Å². The van der Waals surface area contributed by atoms with Crippen molar-refractivity contribution in [1.29, 1.82) is 0 Å². The van der Waals surface area contributed by atoms with E-state index >= 15 is 0 Å². The Morgan fingerprint density at radius 1 is 1.64 bits per heavy atom. The van der Waals surface area contributed by atoms with Crippen LogP contribution in [0.25, 0.3) is 0 Å². The molecule has 2 unspecified atom stereocenters. The SMILES string of the molecule is CCC(C)P(=O)(O)CCCN. The van der Waals surface area contributed by atoms with Crippen molar-refractivity contribution in [3.63, 3.8) is 0 Å². The molecule has 0 saturated carbocycles. The van der Waals surface area contributed by atoms with E-state index in [1.54, 1.807) is 0 Å². The molecule has 0 aliphatic heterocycles. The van der Waals surface area contributed by atoms with E-state index in [1.165, 1.54) is 0 Å². The van der Waals surface area contributed by atoms with Gasteiger partial charge in [-0.3, -0.25) is 4.57 Å². The Morgan fingerprint density at radius 2 is 2.18 bits per heavy atom. The molecule has 0 radical (unpaired) electrons. The first-order valence-electron chi connectivity index (χ1n) is 4.06. The summed E-state index contributed by atoms with van der Waals surface area (Å²) in [6.45, 7) is 4.24. The van der Waals surface area contributed by atoms with Gasteiger partial charge in [0.1, 0.15) is 0 Å². The average Bonchev–Trinajstić information content (AvgIpc) is 1.99. The van der Waals surface area contributed by atoms with Crippen LogP contribution in [0.2, 0.25) is 0 Å². The normalized spacial score (nSPS) is 19.3. The van der Waals surface area contributed by atoms with Crippen LogP contribution in [0.15, 0.2) is 0 Å². The molecule has 3 N–H and O–H groups in total. The molecule has 0 saturated heterocycles. The molecular weight excluding hydrogens is 161 g/mol. The predicted molar refractivity (Wildman–Crippen MR) is 48.1 cm³/mol. The van der Waals surface area contributed by atoms with Gasteiger partial charge >= 0.3 is 0 Å². The lowest BCUT2D eigenvalue weighted by molar-refractivity contribution is 0.461. The molecule has 0 aromatic heterocycles. The van der Waals surface area contributed by atoms with Crippen LogP contribution in [0.3, 0.4) is 0 Å². The highest BCUT2D eigenvalue weighted by Gasteiger charge is 2.23. The van der Waals surface area contributed by atoms with Gasteiger partial charge in [-0.05, 0) is 19.4 Å². The summed E-state index contributed by atoms with van der Waals surface area (Å²) >= 11 is 0. The highest BCUT2D eigenvalue weighted by molar-refractivity contribution is 7.58. The summed E-state index contributed by atoms with van der Waals surface area (Å²) in [5.74, 6) is 0. The van der Waals surface area contributed by atoms with Gasteiger partial charge in [-0.2, -0.15) is 0 Å². The van der Waals surface area contributed by atoms with Gasteiger partial charge in [0, 0.05) is 11.8 Å². The molecular formula is C7H18NO2P. The third kappa shape index (κ3) is 3.90. The van der Waals surface area contributed by atoms with Crippen LogP contribution in [0, 0.1) is 0 Å². The molecule has 4 heteroatoms. The van der Waals surface area contributed by atoms with Crippen molar-refractivity contribution in [3.8, 4) is 0 Å². The molecule has 0 spiro atoms. The van der Waals surface area contributed by atoms with Crippen molar-refractivity contribution in [1.82, 2.24) is 0 Å². The van der Waals surface area contributed by atoms with E-state index in [4.69, 9.17) is 5.73 Å². The summed E-state index contributed by atoms with van der Waals surface area (Å²) in [5, 5.41) is 0. The third-order valence-electron chi connectivity index (χ3n) is 1.96. The Morgan fingerprint density at radius 3 is 2.55 bits per heavy atom. The molecule has 0 fully saturated rings. The molecule has 0 aliphatic rings. The maximum absolute atomic E-state index is 11.4. The van der Waals surface area contributed by atoms with Gasteiger partial charge in [0.15, 0.2) is 0 Å². The van der Waals surface area contributed by atoms with Crippen LogP contribution in [-0.4, -0.2) is 23.3 Å². The van der Waals surface area contributed by atoms with Crippen LogP contribution in [0.1, 0.15) is 26.7 Å². The monoisotopic (exact) mass is 179 g/mol. The van der Waals surface area contributed by atoms with E-state index < -0.39 is 7.37 Å². The topological polar surface area (TPSA) is 63.3 Å². The quantitative estimate of drug-likeness (QED) is 0.627. The molecule has 0 aromatic carbocycles. The minimum Gasteiger partial charge on any atom is -0.344 e. The summed E-state index contributed by atoms with van der Waals surface area (Å²) in [6, 6.07) is 0. The van der Waals surface area contributed by atoms with Gasteiger partial charge in [-0.1, -0.05) is 13.8 Å². The van der Waals surface area contributed by atoms with Crippen LogP contribution < -0.4 is 5.73 Å². The number of hydrogen-bond acceptors (Lipinski definition) is 2. The van der Waals surface area contributed by atoms with Gasteiger partial charge in [-0.15, -0.1) is 0 Å². The second-order valence-electron chi connectivity index (χ2n) is 2.88. The standard InChI is InChI=1S/C7H18NO2P/c1-3-7(2)11(9,10)6-4-5-8/h7H,3-6,8H2,1-2H3,(H,9,10). The molecule has 3 nitrogen and oxygen atoms in total. The maximum Gasteiger partial charge on any atom is 0.203 e. The molecule has 0 heterocycles. The Bertz CT molecular complexity index is 149. The first kappa shape index (κ1) is 11.2. The van der Waals surface area contributed by atoms with Crippen LogP contribution in [0.4, 0.5) is 0 Å². The lowest BCUT2D eigenvalue weighted by Gasteiger charge is -2.16. The van der Waals surface area contributed by atoms with E-state index in [-0.39, 0.29) is 5.66 Å². The van der Waals surface area contributed by atoms with Crippen molar-refractivity contribution >= 4 is 7.37 Å². The fourth-order valence-electron chi connectivity index (χ4n) is 0.824. The minimum atomic E-state index is -2.88. The van der Waals surface area contributed by atoms with Gasteiger partial charge in [0.25, 0.3) is 0 Å². The first-order valence-corrected chi connectivity index (χ1v) is 5.97. The van der Waals surface area contributed by atoms with Crippen LogP contribution >= 0.6 is 7.37 Å². The average molecular weight is 179 g/mol. The Labute approximate surface area is 68.4 Å². The van der Waals surface area contributed by atoms with Crippen molar-refractivity contribution in [2.45, 2.75) is 32.3 Å². The number of nitrogens with two attached hydrogens (primary N) is 1. The summed E-state index contributed by atoms with van der Waals surface area (Å²) in [7, 11) is -2.88. The largest absolute Gasteiger partial charge is 0.344 e. The minimum absolute atomic E-state index is 0.0750. The van der Waals surface area contributed by atoms with Crippen LogP contribution in [0.5, 0.6) is 0 Å². The number of hydrogen-bond donors (Lipinski definition) is 2. The van der Waals surface area contributed by atoms with Crippen LogP contribution in [-0.2, 0) is 4.57 Å². The summed E-state index contributed by atoms with van der Waals surface area (Å²) in [6.07, 6.45) is 1.79. The zero-order valence-corrected chi connectivity index (χ0v) is 8.18. The summed E-state index contributed by atoms with van der Waals surface area (Å²) in [4.78, 5) is 9.41. The molecule has 2 atom stereocenters. The first-order chi connectivity index (χ1) is 5.04. The lowest BCUT2D eigenvalue weighted by atomic mass is 10.4. The highest BCUT2D eigenvalue weighted by Crippen LogP contribution is 2.47. The molecule has 11 heavy (non-hydrogen) atoms. The van der Waals surface area contributed by atoms with E-state index in [0.29, 0.717) is 19.1 Å². The van der Waals surface area contributed by atoms with Crippen molar-refractivity contribution < 1.29 is 9.46 Å². The van der Waals surface area contributed by atoms with Crippen molar-refractivity contribution in [2.24, 2.45) is 5.73 Å². The molecule has 0 amide bonds. The Balaban J connectivity index is 3.89. The van der Waals surface area contributed by atoms with E-state index in [1.807, 2.05) is 13.8 Å². The van der Waals surface area contributed by atoms with Gasteiger partial charge in [0.2, 0.25) is 7.37 Å². The van der Waals surface area contributed by atoms with Gasteiger partial charge in [-0.25, -0.2) is 0 Å². The molecule has 0 bridgehead atoms. The Hall–Kier alpha value is 0.150. The predicted octanol–water partition coefficient (Wildman–Crippen LogP) is 1.40. The van der Waals surface area contributed by atoms with E-state index in [2.05, 4.69) is 0 Å².